The van der Waals surface area contributed by atoms with Crippen LogP contribution in [0.3, 0.4) is 0 Å². The average molecular weight is 382 g/mol. The van der Waals surface area contributed by atoms with E-state index in [1.165, 1.54) is 5.56 Å². The van der Waals surface area contributed by atoms with Gasteiger partial charge >= 0.3 is 0 Å². The summed E-state index contributed by atoms with van der Waals surface area (Å²) < 4.78 is 1.99. The van der Waals surface area contributed by atoms with Crippen molar-refractivity contribution in [2.45, 2.75) is 25.4 Å². The molecule has 2 aliphatic rings. The van der Waals surface area contributed by atoms with Gasteiger partial charge in [-0.1, -0.05) is 18.2 Å². The molecule has 3 aromatic rings. The maximum atomic E-state index is 12.6. The standard InChI is InChI=1S/C24H22N4O/c25-11-17-3-1-4-18(9-17)13-27-14-19-10-21(16-27)24-22(20-5-2-8-26-12-20)6-7-23(29)28(24)15-19/h1-9,12,19,21H,10,13-16H2/t19-,21-/m1/s1. The van der Waals surface area contributed by atoms with E-state index in [1.54, 1.807) is 12.3 Å². The lowest BCUT2D eigenvalue weighted by Crippen LogP contribution is -2.47. The SMILES string of the molecule is N#Cc1cccc(CN2C[C@H]3C[C@H](C2)c2c(-c4cccnc4)ccc(=O)n2C3)c1. The molecule has 0 spiro atoms. The van der Waals surface area contributed by atoms with Gasteiger partial charge in [-0.2, -0.15) is 5.26 Å². The summed E-state index contributed by atoms with van der Waals surface area (Å²) in [5, 5.41) is 9.17. The van der Waals surface area contributed by atoms with Crippen LogP contribution in [0.1, 0.15) is 29.2 Å². The van der Waals surface area contributed by atoms with Crippen molar-refractivity contribution in [3.63, 3.8) is 0 Å². The molecule has 5 heteroatoms. The highest BCUT2D eigenvalue weighted by atomic mass is 16.1. The van der Waals surface area contributed by atoms with Crippen LogP contribution in [-0.2, 0) is 13.1 Å². The molecule has 2 atom stereocenters. The van der Waals surface area contributed by atoms with Crippen LogP contribution in [-0.4, -0.2) is 27.5 Å². The fourth-order valence-corrected chi connectivity index (χ4v) is 5.01. The number of rotatable bonds is 3. The number of benzene rings is 1. The van der Waals surface area contributed by atoms with E-state index in [9.17, 15) is 10.1 Å². The second-order valence-electron chi connectivity index (χ2n) is 8.13. The molecule has 0 radical (unpaired) electrons. The number of piperidine rings is 1. The summed E-state index contributed by atoms with van der Waals surface area (Å²) >= 11 is 0. The molecule has 1 fully saturated rings. The maximum absolute atomic E-state index is 12.6. The summed E-state index contributed by atoms with van der Waals surface area (Å²) in [7, 11) is 0. The number of hydrogen-bond acceptors (Lipinski definition) is 4. The molecule has 1 saturated heterocycles. The number of fused-ring (bicyclic) bond motifs is 4. The molecule has 144 valence electrons. The molecule has 4 heterocycles. The van der Waals surface area contributed by atoms with Crippen molar-refractivity contribution >= 4 is 0 Å². The first-order chi connectivity index (χ1) is 14.2. The van der Waals surface area contributed by atoms with Gasteiger partial charge in [-0.05, 0) is 42.2 Å². The molecular formula is C24H22N4O. The molecule has 0 saturated carbocycles. The van der Waals surface area contributed by atoms with Gasteiger partial charge in [-0.15, -0.1) is 0 Å². The normalized spacial score (nSPS) is 20.7. The van der Waals surface area contributed by atoms with Gasteiger partial charge in [0.2, 0.25) is 0 Å². The molecule has 2 aliphatic heterocycles. The van der Waals surface area contributed by atoms with Crippen LogP contribution in [0.4, 0.5) is 0 Å². The molecule has 0 N–H and O–H groups in total. The van der Waals surface area contributed by atoms with Crippen LogP contribution in [0.2, 0.25) is 0 Å². The second kappa shape index (κ2) is 7.31. The summed E-state index contributed by atoms with van der Waals surface area (Å²) in [4.78, 5) is 19.4. The molecule has 0 aliphatic carbocycles. The smallest absolute Gasteiger partial charge is 0.250 e. The highest BCUT2D eigenvalue weighted by molar-refractivity contribution is 5.66. The lowest BCUT2D eigenvalue weighted by molar-refractivity contribution is 0.115. The van der Waals surface area contributed by atoms with Crippen molar-refractivity contribution in [1.29, 1.82) is 5.26 Å². The topological polar surface area (TPSA) is 61.9 Å². The number of pyridine rings is 2. The molecule has 2 aromatic heterocycles. The quantitative estimate of drug-likeness (QED) is 0.697. The second-order valence-corrected chi connectivity index (χ2v) is 8.13. The molecule has 2 bridgehead atoms. The average Bonchev–Trinajstić information content (AvgIpc) is 2.75. The number of aromatic nitrogens is 2. The number of hydrogen-bond donors (Lipinski definition) is 0. The van der Waals surface area contributed by atoms with E-state index in [2.05, 4.69) is 28.1 Å². The minimum Gasteiger partial charge on any atom is -0.311 e. The lowest BCUT2D eigenvalue weighted by Gasteiger charge is -2.43. The zero-order valence-corrected chi connectivity index (χ0v) is 16.2. The van der Waals surface area contributed by atoms with Crippen molar-refractivity contribution in [2.75, 3.05) is 13.1 Å². The van der Waals surface area contributed by atoms with Gasteiger partial charge in [-0.3, -0.25) is 14.7 Å². The predicted octanol–water partition coefficient (Wildman–Crippen LogP) is 3.40. The van der Waals surface area contributed by atoms with Crippen LogP contribution in [0.25, 0.3) is 11.1 Å². The van der Waals surface area contributed by atoms with Gasteiger partial charge in [0.15, 0.2) is 0 Å². The summed E-state index contributed by atoms with van der Waals surface area (Å²) in [5.74, 6) is 0.799. The van der Waals surface area contributed by atoms with Gasteiger partial charge in [0.05, 0.1) is 11.6 Å². The minimum atomic E-state index is 0.0949. The molecule has 5 rings (SSSR count). The Balaban J connectivity index is 1.49. The van der Waals surface area contributed by atoms with Crippen molar-refractivity contribution < 1.29 is 0 Å². The highest BCUT2D eigenvalue weighted by Crippen LogP contribution is 2.40. The van der Waals surface area contributed by atoms with Gasteiger partial charge in [0, 0.05) is 67.4 Å². The van der Waals surface area contributed by atoms with E-state index < -0.39 is 0 Å². The third kappa shape index (κ3) is 3.37. The van der Waals surface area contributed by atoms with Crippen LogP contribution in [0, 0.1) is 17.2 Å². The van der Waals surface area contributed by atoms with Crippen molar-refractivity contribution in [1.82, 2.24) is 14.5 Å². The van der Waals surface area contributed by atoms with Gasteiger partial charge in [-0.25, -0.2) is 0 Å². The number of likely N-dealkylation sites (tertiary alicyclic amines) is 1. The van der Waals surface area contributed by atoms with E-state index >= 15 is 0 Å². The van der Waals surface area contributed by atoms with E-state index in [1.807, 2.05) is 41.1 Å². The molecule has 0 unspecified atom stereocenters. The Labute approximate surface area is 169 Å². The Bertz CT molecular complexity index is 1150. The van der Waals surface area contributed by atoms with Crippen LogP contribution >= 0.6 is 0 Å². The molecule has 5 nitrogen and oxygen atoms in total. The monoisotopic (exact) mass is 382 g/mol. The summed E-state index contributed by atoms with van der Waals surface area (Å²) in [6, 6.07) is 17.7. The first kappa shape index (κ1) is 17.8. The molecule has 0 amide bonds. The van der Waals surface area contributed by atoms with E-state index in [0.29, 0.717) is 17.4 Å². The first-order valence-electron chi connectivity index (χ1n) is 10.1. The molecule has 29 heavy (non-hydrogen) atoms. The van der Waals surface area contributed by atoms with Crippen molar-refractivity contribution in [2.24, 2.45) is 5.92 Å². The molecule has 1 aromatic carbocycles. The Morgan fingerprint density at radius 2 is 2.03 bits per heavy atom. The Morgan fingerprint density at radius 3 is 2.86 bits per heavy atom. The zero-order valence-electron chi connectivity index (χ0n) is 16.2. The van der Waals surface area contributed by atoms with Gasteiger partial charge in [0.25, 0.3) is 5.56 Å². The number of nitrogens with zero attached hydrogens (tertiary/aromatic N) is 4. The summed E-state index contributed by atoms with van der Waals surface area (Å²) in [6.45, 7) is 3.51. The third-order valence-corrected chi connectivity index (χ3v) is 6.10. The molecular weight excluding hydrogens is 360 g/mol. The zero-order chi connectivity index (χ0) is 19.8. The Hall–Kier alpha value is -3.23. The van der Waals surface area contributed by atoms with E-state index in [4.69, 9.17) is 0 Å². The fraction of sp³-hybridized carbons (Fsp3) is 0.292. The van der Waals surface area contributed by atoms with Crippen LogP contribution in [0.15, 0.2) is 65.7 Å². The predicted molar refractivity (Wildman–Crippen MR) is 111 cm³/mol. The van der Waals surface area contributed by atoms with Gasteiger partial charge in [0.1, 0.15) is 0 Å². The van der Waals surface area contributed by atoms with Crippen LogP contribution in [0.5, 0.6) is 0 Å². The largest absolute Gasteiger partial charge is 0.311 e. The van der Waals surface area contributed by atoms with Crippen molar-refractivity contribution in [3.05, 3.63) is 88.1 Å². The summed E-state index contributed by atoms with van der Waals surface area (Å²) in [5.41, 5.74) is 5.30. The van der Waals surface area contributed by atoms with Crippen LogP contribution < -0.4 is 5.56 Å². The van der Waals surface area contributed by atoms with Crippen molar-refractivity contribution in [3.8, 4) is 17.2 Å². The maximum Gasteiger partial charge on any atom is 0.250 e. The Morgan fingerprint density at radius 1 is 1.10 bits per heavy atom. The highest BCUT2D eigenvalue weighted by Gasteiger charge is 2.36. The minimum absolute atomic E-state index is 0.0949. The number of nitriles is 1. The lowest BCUT2D eigenvalue weighted by atomic mass is 9.80. The third-order valence-electron chi connectivity index (χ3n) is 6.10. The van der Waals surface area contributed by atoms with E-state index in [0.717, 1.165) is 49.4 Å². The van der Waals surface area contributed by atoms with E-state index in [-0.39, 0.29) is 5.56 Å². The first-order valence-corrected chi connectivity index (χ1v) is 10.1. The summed E-state index contributed by atoms with van der Waals surface area (Å²) in [6.07, 6.45) is 4.77. The fourth-order valence-electron chi connectivity index (χ4n) is 5.01. The Kier molecular flexibility index (Phi) is 4.49. The van der Waals surface area contributed by atoms with Gasteiger partial charge < -0.3 is 4.57 Å².